The Balaban J connectivity index is 2.93. The molecule has 0 saturated heterocycles. The molecule has 0 aliphatic heterocycles. The number of imidazole rings is 1. The van der Waals surface area contributed by atoms with Crippen molar-refractivity contribution in [2.75, 3.05) is 0 Å². The second-order valence-corrected chi connectivity index (χ2v) is 2.98. The molecule has 0 amide bonds. The second-order valence-electron chi connectivity index (χ2n) is 1.87. The molecule has 0 aliphatic carbocycles. The van der Waals surface area contributed by atoms with Gasteiger partial charge in [0.25, 0.3) is 0 Å². The molecule has 2 aromatic rings. The number of fused-ring (bicyclic) bond motifs is 1. The minimum Gasteiger partial charge on any atom is -0.279 e. The van der Waals surface area contributed by atoms with E-state index in [4.69, 9.17) is 0 Å². The third-order valence-corrected chi connectivity index (χ3v) is 2.04. The first-order chi connectivity index (χ1) is 4.88. The summed E-state index contributed by atoms with van der Waals surface area (Å²) < 4.78 is 3.02. The van der Waals surface area contributed by atoms with Gasteiger partial charge >= 0.3 is 0 Å². The Kier molecular flexibility index (Phi) is 1.33. The van der Waals surface area contributed by atoms with Gasteiger partial charge in [-0.05, 0) is 28.7 Å². The highest BCUT2D eigenvalue weighted by Gasteiger charge is 1.96. The molecule has 0 saturated carbocycles. The van der Waals surface area contributed by atoms with Crippen molar-refractivity contribution in [1.82, 2.24) is 14.4 Å². The maximum absolute atomic E-state index is 4.06. The van der Waals surface area contributed by atoms with Gasteiger partial charge in [0.1, 0.15) is 3.70 Å². The van der Waals surface area contributed by atoms with Gasteiger partial charge in [0.2, 0.25) is 5.78 Å². The van der Waals surface area contributed by atoms with Crippen molar-refractivity contribution < 1.29 is 0 Å². The highest BCUT2D eigenvalue weighted by molar-refractivity contribution is 14.1. The quantitative estimate of drug-likeness (QED) is 0.655. The molecule has 2 heterocycles. The predicted octanol–water partition coefficient (Wildman–Crippen LogP) is 1.33. The lowest BCUT2D eigenvalue weighted by Gasteiger charge is -1.89. The van der Waals surface area contributed by atoms with Crippen LogP contribution in [0, 0.1) is 3.70 Å². The Labute approximate surface area is 71.3 Å². The topological polar surface area (TPSA) is 30.2 Å². The summed E-state index contributed by atoms with van der Waals surface area (Å²) in [6.07, 6.45) is 5.47. The molecule has 3 nitrogen and oxygen atoms in total. The minimum atomic E-state index is 0.756. The molecule has 0 fully saturated rings. The fraction of sp³-hybridized carbons (Fsp3) is 0. The Hall–Kier alpha value is -0.650. The molecule has 4 heteroatoms. The maximum Gasteiger partial charge on any atom is 0.234 e. The summed E-state index contributed by atoms with van der Waals surface area (Å²) in [4.78, 5) is 8.11. The van der Waals surface area contributed by atoms with Crippen LogP contribution in [0.25, 0.3) is 5.78 Å². The van der Waals surface area contributed by atoms with Gasteiger partial charge in [-0.15, -0.1) is 0 Å². The zero-order valence-corrected chi connectivity index (χ0v) is 7.19. The molecular weight excluding hydrogens is 241 g/mol. The van der Waals surface area contributed by atoms with Gasteiger partial charge < -0.3 is 0 Å². The molecule has 0 atom stereocenters. The monoisotopic (exact) mass is 245 g/mol. The molecule has 0 spiro atoms. The third-order valence-electron chi connectivity index (χ3n) is 1.24. The summed E-state index contributed by atoms with van der Waals surface area (Å²) in [7, 11) is 0. The molecule has 0 unspecified atom stereocenters. The summed E-state index contributed by atoms with van der Waals surface area (Å²) in [6.45, 7) is 0. The van der Waals surface area contributed by atoms with Gasteiger partial charge in [-0.3, -0.25) is 4.40 Å². The lowest BCUT2D eigenvalue weighted by Crippen LogP contribution is -1.86. The summed E-state index contributed by atoms with van der Waals surface area (Å²) in [5, 5.41) is 0. The molecule has 0 aromatic carbocycles. The molecule has 10 heavy (non-hydrogen) atoms. The molecule has 0 radical (unpaired) electrons. The van der Waals surface area contributed by atoms with Crippen LogP contribution >= 0.6 is 22.6 Å². The second kappa shape index (κ2) is 2.19. The Morgan fingerprint density at radius 1 is 1.40 bits per heavy atom. The van der Waals surface area contributed by atoms with E-state index in [1.54, 1.807) is 12.4 Å². The van der Waals surface area contributed by atoms with Crippen LogP contribution in [0.2, 0.25) is 0 Å². The summed E-state index contributed by atoms with van der Waals surface area (Å²) in [6, 6.07) is 1.89. The number of rotatable bonds is 0. The van der Waals surface area contributed by atoms with E-state index in [0.717, 1.165) is 9.48 Å². The van der Waals surface area contributed by atoms with Crippen LogP contribution in [-0.2, 0) is 0 Å². The van der Waals surface area contributed by atoms with Crippen molar-refractivity contribution >= 4 is 28.4 Å². The van der Waals surface area contributed by atoms with Gasteiger partial charge in [-0.25, -0.2) is 9.97 Å². The number of hydrogen-bond acceptors (Lipinski definition) is 2. The number of aromatic nitrogens is 3. The lowest BCUT2D eigenvalue weighted by molar-refractivity contribution is 1.09. The molecule has 50 valence electrons. The van der Waals surface area contributed by atoms with Crippen molar-refractivity contribution in [1.29, 1.82) is 0 Å². The highest BCUT2D eigenvalue weighted by Crippen LogP contribution is 2.04. The zero-order valence-electron chi connectivity index (χ0n) is 5.03. The Morgan fingerprint density at radius 3 is 3.10 bits per heavy atom. The van der Waals surface area contributed by atoms with E-state index in [-0.39, 0.29) is 0 Å². The van der Waals surface area contributed by atoms with Crippen LogP contribution in [0.3, 0.4) is 0 Å². The minimum absolute atomic E-state index is 0.756. The van der Waals surface area contributed by atoms with Crippen LogP contribution in [0.5, 0.6) is 0 Å². The molecule has 0 aliphatic rings. The standard InChI is InChI=1S/C6H4IN3/c7-5-4-9-6-8-2-1-3-10(5)6/h1-4H. The van der Waals surface area contributed by atoms with E-state index in [9.17, 15) is 0 Å². The van der Waals surface area contributed by atoms with Crippen LogP contribution in [0.1, 0.15) is 0 Å². The van der Waals surface area contributed by atoms with Gasteiger partial charge in [0, 0.05) is 12.4 Å². The summed E-state index contributed by atoms with van der Waals surface area (Å²) in [5.41, 5.74) is 0. The van der Waals surface area contributed by atoms with E-state index in [0.29, 0.717) is 0 Å². The number of nitrogens with zero attached hydrogens (tertiary/aromatic N) is 3. The predicted molar refractivity (Wildman–Crippen MR) is 45.7 cm³/mol. The smallest absolute Gasteiger partial charge is 0.234 e. The molecule has 0 bridgehead atoms. The van der Waals surface area contributed by atoms with E-state index in [1.165, 1.54) is 0 Å². The normalized spacial score (nSPS) is 10.5. The van der Waals surface area contributed by atoms with Gasteiger partial charge in [-0.2, -0.15) is 0 Å². The van der Waals surface area contributed by atoms with Gasteiger partial charge in [0.05, 0.1) is 6.20 Å². The van der Waals surface area contributed by atoms with E-state index < -0.39 is 0 Å². The first-order valence-electron chi connectivity index (χ1n) is 2.81. The van der Waals surface area contributed by atoms with Crippen molar-refractivity contribution in [2.24, 2.45) is 0 Å². The van der Waals surface area contributed by atoms with E-state index in [2.05, 4.69) is 32.6 Å². The van der Waals surface area contributed by atoms with Crippen molar-refractivity contribution in [3.05, 3.63) is 28.4 Å². The fourth-order valence-electron chi connectivity index (χ4n) is 0.799. The van der Waals surface area contributed by atoms with Crippen molar-refractivity contribution in [2.45, 2.75) is 0 Å². The maximum atomic E-state index is 4.06. The molecule has 2 rings (SSSR count). The fourth-order valence-corrected chi connectivity index (χ4v) is 1.31. The van der Waals surface area contributed by atoms with Gasteiger partial charge in [0.15, 0.2) is 0 Å². The first kappa shape index (κ1) is 6.09. The Bertz CT molecular complexity index is 355. The number of halogens is 1. The molecular formula is C6H4IN3. The van der Waals surface area contributed by atoms with Gasteiger partial charge in [-0.1, -0.05) is 0 Å². The summed E-state index contributed by atoms with van der Waals surface area (Å²) >= 11 is 2.21. The van der Waals surface area contributed by atoms with Crippen LogP contribution in [0.15, 0.2) is 24.7 Å². The van der Waals surface area contributed by atoms with Crippen molar-refractivity contribution in [3.63, 3.8) is 0 Å². The first-order valence-corrected chi connectivity index (χ1v) is 3.89. The largest absolute Gasteiger partial charge is 0.279 e. The zero-order chi connectivity index (χ0) is 6.97. The summed E-state index contributed by atoms with van der Waals surface area (Å²) in [5.74, 6) is 0.756. The van der Waals surface area contributed by atoms with E-state index >= 15 is 0 Å². The molecule has 2 aromatic heterocycles. The van der Waals surface area contributed by atoms with Crippen LogP contribution in [0.4, 0.5) is 0 Å². The molecule has 0 N–H and O–H groups in total. The van der Waals surface area contributed by atoms with Crippen LogP contribution in [-0.4, -0.2) is 14.4 Å². The van der Waals surface area contributed by atoms with E-state index in [1.807, 2.05) is 16.7 Å². The Morgan fingerprint density at radius 2 is 2.30 bits per heavy atom. The number of hydrogen-bond donors (Lipinski definition) is 0. The average molecular weight is 245 g/mol. The lowest BCUT2D eigenvalue weighted by atomic mass is 10.7. The third kappa shape index (κ3) is 0.792. The average Bonchev–Trinajstić information content (AvgIpc) is 2.34. The van der Waals surface area contributed by atoms with Crippen molar-refractivity contribution in [3.8, 4) is 0 Å². The SMILES string of the molecule is Ic1cnc2ncccn12. The highest BCUT2D eigenvalue weighted by atomic mass is 127. The van der Waals surface area contributed by atoms with Crippen LogP contribution < -0.4 is 0 Å².